The number of nitrogens with zero attached hydrogens (tertiary/aromatic N) is 6. The van der Waals surface area contributed by atoms with E-state index in [-0.39, 0.29) is 6.04 Å². The minimum atomic E-state index is -0.581. The summed E-state index contributed by atoms with van der Waals surface area (Å²) in [7, 11) is 0. The van der Waals surface area contributed by atoms with Gasteiger partial charge in [-0.1, -0.05) is 0 Å². The second-order valence-corrected chi connectivity index (χ2v) is 6.71. The van der Waals surface area contributed by atoms with Crippen LogP contribution in [0.15, 0.2) is 30.9 Å². The van der Waals surface area contributed by atoms with Crippen LogP contribution in [0, 0.1) is 11.3 Å². The third-order valence-corrected chi connectivity index (χ3v) is 4.89. The Morgan fingerprint density at radius 2 is 2.21 bits per heavy atom. The summed E-state index contributed by atoms with van der Waals surface area (Å²) in [5, 5.41) is 23.7. The average molecular weight is 379 g/mol. The standard InChI is InChI=1S/C19H21N7O2/c1-2-28-13-5-14(19-12(6-20)7-24-26(19)10-13)16-8-23-18(9-22-16)25-4-3-15(21)17(27)11-25/h5,7-10,15,17,27H,2-4,11,21H2,1H3/t15-,17-/m0/s1. The van der Waals surface area contributed by atoms with E-state index in [1.807, 2.05) is 17.9 Å². The molecule has 3 aromatic rings. The molecule has 1 aliphatic rings. The van der Waals surface area contributed by atoms with E-state index in [0.29, 0.717) is 47.9 Å². The van der Waals surface area contributed by atoms with Crippen molar-refractivity contribution in [1.29, 1.82) is 5.26 Å². The topological polar surface area (TPSA) is 126 Å². The van der Waals surface area contributed by atoms with Crippen LogP contribution in [0.4, 0.5) is 5.82 Å². The molecule has 9 nitrogen and oxygen atoms in total. The van der Waals surface area contributed by atoms with Crippen molar-refractivity contribution in [2.75, 3.05) is 24.6 Å². The van der Waals surface area contributed by atoms with Crippen molar-refractivity contribution in [3.63, 3.8) is 0 Å². The first-order valence-corrected chi connectivity index (χ1v) is 9.16. The third-order valence-electron chi connectivity index (χ3n) is 4.89. The van der Waals surface area contributed by atoms with Crippen molar-refractivity contribution in [3.05, 3.63) is 36.4 Å². The normalized spacial score (nSPS) is 19.6. The number of hydrogen-bond acceptors (Lipinski definition) is 8. The van der Waals surface area contributed by atoms with Gasteiger partial charge in [0.25, 0.3) is 0 Å². The molecule has 2 atom stereocenters. The second kappa shape index (κ2) is 7.42. The number of piperidine rings is 1. The Labute approximate surface area is 162 Å². The van der Waals surface area contributed by atoms with Gasteiger partial charge in [0.2, 0.25) is 0 Å². The second-order valence-electron chi connectivity index (χ2n) is 6.71. The lowest BCUT2D eigenvalue weighted by Crippen LogP contribution is -2.50. The maximum atomic E-state index is 10.0. The Bertz CT molecular complexity index is 1030. The summed E-state index contributed by atoms with van der Waals surface area (Å²) >= 11 is 0. The van der Waals surface area contributed by atoms with E-state index in [9.17, 15) is 10.4 Å². The molecule has 0 aliphatic carbocycles. The largest absolute Gasteiger partial charge is 0.492 e. The summed E-state index contributed by atoms with van der Waals surface area (Å²) < 4.78 is 7.24. The number of aromatic nitrogens is 4. The molecular weight excluding hydrogens is 358 g/mol. The molecule has 0 bridgehead atoms. The molecule has 3 N–H and O–H groups in total. The number of β-amino-alcohol motifs (C(OH)–C–C–N with tert-alkyl or cyclic N) is 1. The van der Waals surface area contributed by atoms with Gasteiger partial charge >= 0.3 is 0 Å². The number of nitrogens with two attached hydrogens (primary N) is 1. The third kappa shape index (κ3) is 3.24. The van der Waals surface area contributed by atoms with Gasteiger partial charge in [-0.3, -0.25) is 4.98 Å². The van der Waals surface area contributed by atoms with Crippen LogP contribution in [0.1, 0.15) is 18.9 Å². The zero-order valence-electron chi connectivity index (χ0n) is 15.5. The summed E-state index contributed by atoms with van der Waals surface area (Å²) in [6, 6.07) is 3.80. The van der Waals surface area contributed by atoms with E-state index >= 15 is 0 Å². The van der Waals surface area contributed by atoms with E-state index in [4.69, 9.17) is 10.5 Å². The summed E-state index contributed by atoms with van der Waals surface area (Å²) in [5.41, 5.74) is 8.32. The average Bonchev–Trinajstić information content (AvgIpc) is 3.13. The lowest BCUT2D eigenvalue weighted by molar-refractivity contribution is 0.131. The summed E-state index contributed by atoms with van der Waals surface area (Å²) in [5.74, 6) is 1.32. The van der Waals surface area contributed by atoms with Gasteiger partial charge in [0.05, 0.1) is 54.3 Å². The molecule has 0 saturated carbocycles. The molecule has 3 aromatic heterocycles. The van der Waals surface area contributed by atoms with Gasteiger partial charge in [-0.25, -0.2) is 9.50 Å². The van der Waals surface area contributed by atoms with E-state index in [1.54, 1.807) is 23.1 Å². The molecule has 0 spiro atoms. The predicted octanol–water partition coefficient (Wildman–Crippen LogP) is 0.960. The molecule has 28 heavy (non-hydrogen) atoms. The molecule has 1 fully saturated rings. The Balaban J connectivity index is 1.72. The number of pyridine rings is 1. The number of aliphatic hydroxyl groups is 1. The maximum absolute atomic E-state index is 10.0. The number of hydrogen-bond donors (Lipinski definition) is 2. The van der Waals surface area contributed by atoms with Crippen LogP contribution in [0.5, 0.6) is 5.75 Å². The molecule has 1 aliphatic heterocycles. The SMILES string of the molecule is CCOc1cc(-c2cnc(N3CC[C@H](N)[C@@H](O)C3)cn2)c2c(C#N)cnn2c1. The fourth-order valence-corrected chi connectivity index (χ4v) is 3.40. The molecule has 144 valence electrons. The lowest BCUT2D eigenvalue weighted by atomic mass is 10.0. The minimum Gasteiger partial charge on any atom is -0.492 e. The smallest absolute Gasteiger partial charge is 0.147 e. The van der Waals surface area contributed by atoms with Crippen molar-refractivity contribution in [1.82, 2.24) is 19.6 Å². The van der Waals surface area contributed by atoms with Crippen LogP contribution in [-0.4, -0.2) is 56.5 Å². The molecule has 4 rings (SSSR count). The highest BCUT2D eigenvalue weighted by Crippen LogP contribution is 2.30. The zero-order chi connectivity index (χ0) is 19.7. The molecular formula is C19H21N7O2. The van der Waals surface area contributed by atoms with Crippen LogP contribution >= 0.6 is 0 Å². The Kier molecular flexibility index (Phi) is 4.81. The fourth-order valence-electron chi connectivity index (χ4n) is 3.40. The predicted molar refractivity (Wildman–Crippen MR) is 103 cm³/mol. The highest BCUT2D eigenvalue weighted by molar-refractivity contribution is 5.83. The quantitative estimate of drug-likeness (QED) is 0.686. The molecule has 0 amide bonds. The van der Waals surface area contributed by atoms with E-state index < -0.39 is 6.10 Å². The Morgan fingerprint density at radius 3 is 2.89 bits per heavy atom. The molecule has 0 aromatic carbocycles. The lowest BCUT2D eigenvalue weighted by Gasteiger charge is -2.34. The first-order chi connectivity index (χ1) is 13.6. The molecule has 0 unspecified atom stereocenters. The van der Waals surface area contributed by atoms with Crippen molar-refractivity contribution < 1.29 is 9.84 Å². The molecule has 1 saturated heterocycles. The van der Waals surface area contributed by atoms with Crippen LogP contribution in [0.25, 0.3) is 16.8 Å². The molecule has 0 radical (unpaired) electrons. The number of aliphatic hydroxyl groups excluding tert-OH is 1. The van der Waals surface area contributed by atoms with Gasteiger partial charge in [0, 0.05) is 24.7 Å². The highest BCUT2D eigenvalue weighted by Gasteiger charge is 2.25. The van der Waals surface area contributed by atoms with E-state index in [2.05, 4.69) is 21.1 Å². The summed E-state index contributed by atoms with van der Waals surface area (Å²) in [4.78, 5) is 11.0. The van der Waals surface area contributed by atoms with E-state index in [0.717, 1.165) is 12.1 Å². The zero-order valence-corrected chi connectivity index (χ0v) is 15.5. The number of fused-ring (bicyclic) bond motifs is 1. The van der Waals surface area contributed by atoms with Gasteiger partial charge in [-0.05, 0) is 19.4 Å². The molecule has 4 heterocycles. The van der Waals surface area contributed by atoms with Crippen molar-refractivity contribution >= 4 is 11.3 Å². The van der Waals surface area contributed by atoms with Crippen molar-refractivity contribution in [3.8, 4) is 23.1 Å². The summed E-state index contributed by atoms with van der Waals surface area (Å²) in [6.07, 6.45) is 6.71. The number of anilines is 1. The first-order valence-electron chi connectivity index (χ1n) is 9.16. The van der Waals surface area contributed by atoms with Crippen molar-refractivity contribution in [2.24, 2.45) is 5.73 Å². The van der Waals surface area contributed by atoms with Crippen molar-refractivity contribution in [2.45, 2.75) is 25.5 Å². The van der Waals surface area contributed by atoms with Crippen LogP contribution in [-0.2, 0) is 0 Å². The Hall–Kier alpha value is -3.22. The fraction of sp³-hybridized carbons (Fsp3) is 0.368. The number of nitriles is 1. The number of ether oxygens (including phenoxy) is 1. The van der Waals surface area contributed by atoms with Gasteiger partial charge in [-0.15, -0.1) is 0 Å². The van der Waals surface area contributed by atoms with Gasteiger partial charge in [0.1, 0.15) is 17.6 Å². The maximum Gasteiger partial charge on any atom is 0.147 e. The van der Waals surface area contributed by atoms with Crippen LogP contribution < -0.4 is 15.4 Å². The monoisotopic (exact) mass is 379 g/mol. The minimum absolute atomic E-state index is 0.204. The first kappa shape index (κ1) is 18.2. The van der Waals surface area contributed by atoms with E-state index in [1.165, 1.54) is 6.20 Å². The Morgan fingerprint density at radius 1 is 1.36 bits per heavy atom. The van der Waals surface area contributed by atoms with Gasteiger partial charge in [-0.2, -0.15) is 10.4 Å². The number of rotatable bonds is 4. The molecule has 9 heteroatoms. The van der Waals surface area contributed by atoms with Gasteiger partial charge < -0.3 is 20.5 Å². The van der Waals surface area contributed by atoms with Crippen LogP contribution in [0.2, 0.25) is 0 Å². The highest BCUT2D eigenvalue weighted by atomic mass is 16.5. The summed E-state index contributed by atoms with van der Waals surface area (Å²) in [6.45, 7) is 3.57. The van der Waals surface area contributed by atoms with Crippen LogP contribution in [0.3, 0.4) is 0 Å². The van der Waals surface area contributed by atoms with Gasteiger partial charge in [0.15, 0.2) is 0 Å².